The van der Waals surface area contributed by atoms with E-state index >= 15 is 0 Å². The van der Waals surface area contributed by atoms with Crippen molar-refractivity contribution in [3.05, 3.63) is 11.1 Å². The van der Waals surface area contributed by atoms with Gasteiger partial charge in [-0.2, -0.15) is 0 Å². The van der Waals surface area contributed by atoms with Crippen molar-refractivity contribution in [3.63, 3.8) is 0 Å². The molecule has 10 atom stereocenters. The molecule has 7 saturated carbocycles. The molecule has 0 aromatic rings. The van der Waals surface area contributed by atoms with E-state index in [1.807, 2.05) is 5.57 Å². The number of epoxide rings is 1. The van der Waals surface area contributed by atoms with Crippen molar-refractivity contribution < 1.29 is 4.74 Å². The van der Waals surface area contributed by atoms with Crippen LogP contribution in [0.15, 0.2) is 11.1 Å². The molecule has 10 unspecified atom stereocenters. The molecule has 8 fully saturated rings. The molecule has 16 heavy (non-hydrogen) atoms. The Morgan fingerprint density at radius 1 is 1.00 bits per heavy atom. The van der Waals surface area contributed by atoms with Gasteiger partial charge in [-0.3, -0.25) is 0 Å². The summed E-state index contributed by atoms with van der Waals surface area (Å²) in [6.45, 7) is 4.72. The number of hydrogen-bond donors (Lipinski definition) is 0. The van der Waals surface area contributed by atoms with E-state index in [1.54, 1.807) is 12.0 Å². The van der Waals surface area contributed by atoms with Crippen LogP contribution < -0.4 is 0 Å². The summed E-state index contributed by atoms with van der Waals surface area (Å²) in [6.07, 6.45) is 1.56. The Labute approximate surface area is 95.2 Å². The maximum absolute atomic E-state index is 6.53. The molecule has 0 aromatic carbocycles. The summed E-state index contributed by atoms with van der Waals surface area (Å²) in [7, 11) is 0. The van der Waals surface area contributed by atoms with Crippen LogP contribution in [0.4, 0.5) is 0 Å². The normalized spacial score (nSPS) is 84.8. The molecule has 1 heteroatoms. The number of ether oxygens (including phenoxy) is 1. The minimum Gasteiger partial charge on any atom is -0.361 e. The van der Waals surface area contributed by atoms with Crippen molar-refractivity contribution in [1.82, 2.24) is 0 Å². The predicted octanol–water partition coefficient (Wildman–Crippen LogP) is 2.23. The van der Waals surface area contributed by atoms with Crippen LogP contribution in [0.1, 0.15) is 20.3 Å². The van der Waals surface area contributed by atoms with E-state index in [2.05, 4.69) is 13.8 Å². The van der Waals surface area contributed by atoms with E-state index in [4.69, 9.17) is 4.74 Å². The van der Waals surface area contributed by atoms with E-state index in [9.17, 15) is 0 Å². The fraction of sp³-hybridized carbons (Fsp3) is 0.867. The lowest BCUT2D eigenvalue weighted by Crippen LogP contribution is -2.41. The molecule has 4 bridgehead atoms. The van der Waals surface area contributed by atoms with E-state index in [0.717, 1.165) is 47.3 Å². The molecule has 82 valence electrons. The van der Waals surface area contributed by atoms with E-state index in [0.29, 0.717) is 11.2 Å². The third-order valence-corrected chi connectivity index (χ3v) is 8.16. The lowest BCUT2D eigenvalue weighted by Gasteiger charge is -2.43. The summed E-state index contributed by atoms with van der Waals surface area (Å²) in [5, 5.41) is 0. The van der Waals surface area contributed by atoms with Crippen LogP contribution in [0.3, 0.4) is 0 Å². The second-order valence-corrected chi connectivity index (χ2v) is 7.86. The molecule has 2 spiro atoms. The third kappa shape index (κ3) is 0.308. The lowest BCUT2D eigenvalue weighted by atomic mass is 9.60. The van der Waals surface area contributed by atoms with Gasteiger partial charge in [0.2, 0.25) is 0 Å². The monoisotopic (exact) mass is 212 g/mol. The molecule has 1 saturated heterocycles. The van der Waals surface area contributed by atoms with Gasteiger partial charge in [0, 0.05) is 11.8 Å². The van der Waals surface area contributed by atoms with Crippen LogP contribution in [-0.4, -0.2) is 11.2 Å². The lowest BCUT2D eigenvalue weighted by molar-refractivity contribution is 0.0202. The highest BCUT2D eigenvalue weighted by molar-refractivity contribution is 5.62. The fourth-order valence-corrected chi connectivity index (χ4v) is 8.68. The van der Waals surface area contributed by atoms with Crippen LogP contribution in [-0.2, 0) is 4.74 Å². The first-order valence-electron chi connectivity index (χ1n) is 7.12. The zero-order valence-electron chi connectivity index (χ0n) is 9.73. The van der Waals surface area contributed by atoms with Crippen LogP contribution in [0.5, 0.6) is 0 Å². The molecule has 1 nitrogen and oxygen atoms in total. The van der Waals surface area contributed by atoms with Gasteiger partial charge in [0.05, 0.1) is 0 Å². The first kappa shape index (κ1) is 7.20. The smallest absolute Gasteiger partial charge is 0.109 e. The Hall–Kier alpha value is -0.300. The molecule has 0 N–H and O–H groups in total. The summed E-state index contributed by atoms with van der Waals surface area (Å²) in [5.74, 6) is 8.26. The highest BCUT2D eigenvalue weighted by atomic mass is 16.6. The third-order valence-electron chi connectivity index (χ3n) is 8.16. The van der Waals surface area contributed by atoms with Gasteiger partial charge in [0.15, 0.2) is 0 Å². The highest BCUT2D eigenvalue weighted by Crippen LogP contribution is 3.02. The largest absolute Gasteiger partial charge is 0.361 e. The topological polar surface area (TPSA) is 12.5 Å². The molecular weight excluding hydrogens is 196 g/mol. The minimum absolute atomic E-state index is 0.438. The zero-order valence-corrected chi connectivity index (χ0v) is 9.73. The van der Waals surface area contributed by atoms with Crippen molar-refractivity contribution in [2.24, 2.45) is 47.3 Å². The highest BCUT2D eigenvalue weighted by Gasteiger charge is 3.07. The predicted molar refractivity (Wildman–Crippen MR) is 57.5 cm³/mol. The van der Waals surface area contributed by atoms with E-state index in [1.165, 1.54) is 0 Å². The van der Waals surface area contributed by atoms with Crippen molar-refractivity contribution in [1.29, 1.82) is 0 Å². The Kier molecular flexibility index (Phi) is 0.651. The van der Waals surface area contributed by atoms with Gasteiger partial charge >= 0.3 is 0 Å². The van der Waals surface area contributed by atoms with Gasteiger partial charge < -0.3 is 4.74 Å². The van der Waals surface area contributed by atoms with Crippen molar-refractivity contribution >= 4 is 0 Å². The number of hydrogen-bond acceptors (Lipinski definition) is 1. The van der Waals surface area contributed by atoms with Gasteiger partial charge in [0.1, 0.15) is 11.2 Å². The van der Waals surface area contributed by atoms with Crippen LogP contribution in [0.2, 0.25) is 0 Å². The molecule has 8 aliphatic rings. The Morgan fingerprint density at radius 3 is 2.06 bits per heavy atom. The first-order valence-corrected chi connectivity index (χ1v) is 7.12. The van der Waals surface area contributed by atoms with Crippen LogP contribution in [0.25, 0.3) is 0 Å². The van der Waals surface area contributed by atoms with Gasteiger partial charge in [-0.1, -0.05) is 11.1 Å². The average Bonchev–Trinajstić information content (AvgIpc) is 2.36. The Bertz CT molecular complexity index is 504. The van der Waals surface area contributed by atoms with Gasteiger partial charge in [0.25, 0.3) is 0 Å². The summed E-state index contributed by atoms with van der Waals surface area (Å²) >= 11 is 0. The number of allylic oxidation sites excluding steroid dienone is 1. The summed E-state index contributed by atoms with van der Waals surface area (Å²) < 4.78 is 6.53. The molecule has 8 rings (SSSR count). The maximum atomic E-state index is 6.53. The first-order chi connectivity index (χ1) is 7.75. The van der Waals surface area contributed by atoms with Crippen LogP contribution >= 0.6 is 0 Å². The molecule has 0 aromatic heterocycles. The second-order valence-electron chi connectivity index (χ2n) is 7.86. The number of rotatable bonds is 0. The Morgan fingerprint density at radius 2 is 1.56 bits per heavy atom. The second kappa shape index (κ2) is 1.44. The molecule has 7 aliphatic carbocycles. The molecule has 0 radical (unpaired) electrons. The van der Waals surface area contributed by atoms with Crippen molar-refractivity contribution in [3.8, 4) is 0 Å². The maximum Gasteiger partial charge on any atom is 0.109 e. The summed E-state index contributed by atoms with van der Waals surface area (Å²) in [4.78, 5) is 0. The van der Waals surface area contributed by atoms with Crippen LogP contribution in [0, 0.1) is 47.3 Å². The average molecular weight is 212 g/mol. The molecular formula is C15H16O. The van der Waals surface area contributed by atoms with E-state index < -0.39 is 0 Å². The van der Waals surface area contributed by atoms with Crippen molar-refractivity contribution in [2.45, 2.75) is 31.5 Å². The van der Waals surface area contributed by atoms with E-state index in [-0.39, 0.29) is 0 Å². The van der Waals surface area contributed by atoms with Crippen molar-refractivity contribution in [2.75, 3.05) is 0 Å². The van der Waals surface area contributed by atoms with Gasteiger partial charge in [-0.25, -0.2) is 0 Å². The quantitative estimate of drug-likeness (QED) is 0.443. The van der Waals surface area contributed by atoms with Gasteiger partial charge in [-0.05, 0) is 55.8 Å². The standard InChI is InChI=1S/C15H16O/c1-4(2)7-12-10-8-5-3-6-9(8)11(10)13(7)15(6)14(5,12)16-15/h5-6,8-13H,3H2,1-2H3. The summed E-state index contributed by atoms with van der Waals surface area (Å²) in [5.41, 5.74) is 4.43. The molecule has 1 aliphatic heterocycles. The SMILES string of the molecule is CC(C)=C1C2C3C4C5C3C1C13OC21C4CC53. The fourth-order valence-electron chi connectivity index (χ4n) is 8.68. The minimum atomic E-state index is 0.438. The zero-order chi connectivity index (χ0) is 10.2. The molecule has 0 amide bonds. The van der Waals surface area contributed by atoms with Gasteiger partial charge in [-0.15, -0.1) is 0 Å². The molecule has 1 heterocycles. The Balaban J connectivity index is 1.72. The summed E-state index contributed by atoms with van der Waals surface area (Å²) in [6, 6.07) is 0.